The summed E-state index contributed by atoms with van der Waals surface area (Å²) < 4.78 is 5.15. The minimum atomic E-state index is -0.236. The Morgan fingerprint density at radius 3 is 2.75 bits per heavy atom. The van der Waals surface area contributed by atoms with Crippen molar-refractivity contribution in [1.29, 1.82) is 0 Å². The van der Waals surface area contributed by atoms with Crippen LogP contribution in [0.2, 0.25) is 0 Å². The first-order chi connectivity index (χ1) is 15.4. The lowest BCUT2D eigenvalue weighted by atomic mass is 9.97. The van der Waals surface area contributed by atoms with Crippen LogP contribution in [0, 0.1) is 5.92 Å². The zero-order chi connectivity index (χ0) is 23.1. The molecule has 1 aliphatic rings. The van der Waals surface area contributed by atoms with E-state index in [2.05, 4.69) is 16.9 Å². The summed E-state index contributed by atoms with van der Waals surface area (Å²) in [6, 6.07) is 9.69. The number of aromatic nitrogens is 2. The van der Waals surface area contributed by atoms with Crippen molar-refractivity contribution in [3.05, 3.63) is 47.2 Å². The van der Waals surface area contributed by atoms with Crippen molar-refractivity contribution < 1.29 is 14.3 Å². The smallest absolute Gasteiger partial charge is 0.310 e. The van der Waals surface area contributed by atoms with Crippen LogP contribution in [0.4, 0.5) is 5.82 Å². The van der Waals surface area contributed by atoms with Crippen molar-refractivity contribution in [1.82, 2.24) is 14.9 Å². The maximum Gasteiger partial charge on any atom is 0.310 e. The fourth-order valence-corrected chi connectivity index (χ4v) is 4.49. The predicted molar refractivity (Wildman–Crippen MR) is 127 cm³/mol. The van der Waals surface area contributed by atoms with Gasteiger partial charge in [-0.05, 0) is 43.9 Å². The van der Waals surface area contributed by atoms with Crippen LogP contribution in [-0.2, 0) is 21.7 Å². The molecule has 1 aromatic carbocycles. The molecule has 172 valence electrons. The standard InChI is InChI=1S/C24H32N4O3S/c1-5-20-14-21(27(3)4)26-24(25-20)32-16-17-9-7-10-18(13-17)22(29)28-12-8-11-19(15-28)23(30)31-6-2/h7,9-10,13-14,19H,5-6,8,11-12,15-16H2,1-4H3/t19-/m0/s1. The molecule has 7 nitrogen and oxygen atoms in total. The molecule has 1 fully saturated rings. The molecule has 32 heavy (non-hydrogen) atoms. The summed E-state index contributed by atoms with van der Waals surface area (Å²) in [4.78, 5) is 38.2. The van der Waals surface area contributed by atoms with Gasteiger partial charge >= 0.3 is 5.97 Å². The van der Waals surface area contributed by atoms with E-state index in [0.717, 1.165) is 41.5 Å². The summed E-state index contributed by atoms with van der Waals surface area (Å²) in [5, 5.41) is 0.734. The third-order valence-electron chi connectivity index (χ3n) is 5.44. The Balaban J connectivity index is 1.67. The molecule has 1 saturated heterocycles. The molecule has 3 rings (SSSR count). The third-order valence-corrected chi connectivity index (χ3v) is 6.35. The molecule has 0 bridgehead atoms. The number of ether oxygens (including phenoxy) is 1. The van der Waals surface area contributed by atoms with Crippen LogP contribution in [0.5, 0.6) is 0 Å². The second kappa shape index (κ2) is 11.3. The highest BCUT2D eigenvalue weighted by Gasteiger charge is 2.29. The lowest BCUT2D eigenvalue weighted by Gasteiger charge is -2.31. The van der Waals surface area contributed by atoms with Crippen LogP contribution >= 0.6 is 11.8 Å². The van der Waals surface area contributed by atoms with Gasteiger partial charge in [0.15, 0.2) is 5.16 Å². The van der Waals surface area contributed by atoms with Crippen LogP contribution in [-0.4, -0.2) is 60.5 Å². The molecule has 0 unspecified atom stereocenters. The van der Waals surface area contributed by atoms with E-state index in [4.69, 9.17) is 4.74 Å². The summed E-state index contributed by atoms with van der Waals surface area (Å²) in [6.07, 6.45) is 2.43. The highest BCUT2D eigenvalue weighted by molar-refractivity contribution is 7.98. The fraction of sp³-hybridized carbons (Fsp3) is 0.500. The van der Waals surface area contributed by atoms with Gasteiger partial charge in [0, 0.05) is 50.3 Å². The number of anilines is 1. The Bertz CT molecular complexity index is 951. The maximum atomic E-state index is 13.1. The lowest BCUT2D eigenvalue weighted by molar-refractivity contribution is -0.149. The molecule has 1 aliphatic heterocycles. The van der Waals surface area contributed by atoms with Crippen molar-refractivity contribution >= 4 is 29.5 Å². The first kappa shape index (κ1) is 24.0. The van der Waals surface area contributed by atoms with Crippen molar-refractivity contribution in [2.75, 3.05) is 38.7 Å². The number of esters is 1. The van der Waals surface area contributed by atoms with Crippen molar-refractivity contribution in [3.8, 4) is 0 Å². The lowest BCUT2D eigenvalue weighted by Crippen LogP contribution is -2.42. The maximum absolute atomic E-state index is 13.1. The molecule has 0 spiro atoms. The Kier molecular flexibility index (Phi) is 8.50. The molecular weight excluding hydrogens is 424 g/mol. The van der Waals surface area contributed by atoms with Gasteiger partial charge in [-0.15, -0.1) is 0 Å². The molecule has 0 N–H and O–H groups in total. The number of nitrogens with zero attached hydrogens (tertiary/aromatic N) is 4. The fourth-order valence-electron chi connectivity index (χ4n) is 3.67. The number of aryl methyl sites for hydroxylation is 1. The highest BCUT2D eigenvalue weighted by Crippen LogP contribution is 2.24. The summed E-state index contributed by atoms with van der Waals surface area (Å²) in [5.74, 6) is 1.09. The average Bonchev–Trinajstić information content (AvgIpc) is 2.82. The minimum absolute atomic E-state index is 0.0371. The largest absolute Gasteiger partial charge is 0.466 e. The van der Waals surface area contributed by atoms with Crippen LogP contribution in [0.25, 0.3) is 0 Å². The molecule has 0 saturated carbocycles. The minimum Gasteiger partial charge on any atom is -0.466 e. The van der Waals surface area contributed by atoms with Gasteiger partial charge in [0.2, 0.25) is 0 Å². The summed E-state index contributed by atoms with van der Waals surface area (Å²) in [6.45, 7) is 5.33. The van der Waals surface area contributed by atoms with Gasteiger partial charge in [0.05, 0.1) is 12.5 Å². The van der Waals surface area contributed by atoms with E-state index in [0.29, 0.717) is 31.0 Å². The molecule has 0 aliphatic carbocycles. The number of amides is 1. The van der Waals surface area contributed by atoms with Crippen LogP contribution in [0.3, 0.4) is 0 Å². The molecule has 0 radical (unpaired) electrons. The van der Waals surface area contributed by atoms with Gasteiger partial charge in [-0.2, -0.15) is 0 Å². The van der Waals surface area contributed by atoms with Crippen molar-refractivity contribution in [2.45, 2.75) is 44.0 Å². The number of thioether (sulfide) groups is 1. The number of rotatable bonds is 8. The van der Waals surface area contributed by atoms with Gasteiger partial charge in [0.25, 0.3) is 5.91 Å². The monoisotopic (exact) mass is 456 g/mol. The molecular formula is C24H32N4O3S. The van der Waals surface area contributed by atoms with E-state index in [-0.39, 0.29) is 17.8 Å². The first-order valence-corrected chi connectivity index (χ1v) is 12.1. The van der Waals surface area contributed by atoms with E-state index in [9.17, 15) is 9.59 Å². The Morgan fingerprint density at radius 2 is 2.03 bits per heavy atom. The molecule has 1 amide bonds. The Hall–Kier alpha value is -2.61. The Morgan fingerprint density at radius 1 is 1.22 bits per heavy atom. The van der Waals surface area contributed by atoms with Gasteiger partial charge in [-0.3, -0.25) is 9.59 Å². The van der Waals surface area contributed by atoms with E-state index >= 15 is 0 Å². The molecule has 2 heterocycles. The number of hydrogen-bond acceptors (Lipinski definition) is 7. The van der Waals surface area contributed by atoms with Crippen molar-refractivity contribution in [2.24, 2.45) is 5.92 Å². The van der Waals surface area contributed by atoms with Gasteiger partial charge in [0.1, 0.15) is 5.82 Å². The van der Waals surface area contributed by atoms with Gasteiger partial charge in [-0.25, -0.2) is 9.97 Å². The quantitative estimate of drug-likeness (QED) is 0.340. The molecule has 8 heteroatoms. The van der Waals surface area contributed by atoms with Gasteiger partial charge in [-0.1, -0.05) is 30.8 Å². The summed E-state index contributed by atoms with van der Waals surface area (Å²) in [5.41, 5.74) is 2.69. The summed E-state index contributed by atoms with van der Waals surface area (Å²) >= 11 is 1.57. The Labute approximate surface area is 194 Å². The summed E-state index contributed by atoms with van der Waals surface area (Å²) in [7, 11) is 3.94. The zero-order valence-corrected chi connectivity index (χ0v) is 20.2. The van der Waals surface area contributed by atoms with E-state index in [1.165, 1.54) is 0 Å². The van der Waals surface area contributed by atoms with Crippen LogP contribution in [0.15, 0.2) is 35.5 Å². The highest BCUT2D eigenvalue weighted by atomic mass is 32.2. The molecule has 2 aromatic rings. The number of carbonyl (C=O) groups is 2. The third kappa shape index (κ3) is 6.22. The van der Waals surface area contributed by atoms with E-state index in [1.807, 2.05) is 49.3 Å². The normalized spacial score (nSPS) is 16.0. The number of benzene rings is 1. The van der Waals surface area contributed by atoms with Crippen LogP contribution in [0.1, 0.15) is 48.3 Å². The van der Waals surface area contributed by atoms with E-state index in [1.54, 1.807) is 23.6 Å². The predicted octanol–water partition coefficient (Wildman–Crippen LogP) is 3.81. The SMILES string of the molecule is CCOC(=O)[C@H]1CCCN(C(=O)c2cccc(CSc3nc(CC)cc(N(C)C)n3)c2)C1. The topological polar surface area (TPSA) is 75.6 Å². The molecule has 1 aromatic heterocycles. The van der Waals surface area contributed by atoms with Crippen molar-refractivity contribution in [3.63, 3.8) is 0 Å². The second-order valence-corrected chi connectivity index (χ2v) is 9.02. The molecule has 1 atom stereocenters. The number of likely N-dealkylation sites (tertiary alicyclic amines) is 1. The zero-order valence-electron chi connectivity index (χ0n) is 19.3. The first-order valence-electron chi connectivity index (χ1n) is 11.1. The number of hydrogen-bond donors (Lipinski definition) is 0. The van der Waals surface area contributed by atoms with E-state index < -0.39 is 0 Å². The van der Waals surface area contributed by atoms with Gasteiger partial charge < -0.3 is 14.5 Å². The number of piperidine rings is 1. The number of carbonyl (C=O) groups excluding carboxylic acids is 2. The van der Waals surface area contributed by atoms with Crippen LogP contribution < -0.4 is 4.90 Å². The average molecular weight is 457 g/mol. The second-order valence-electron chi connectivity index (χ2n) is 8.08.